The van der Waals surface area contributed by atoms with Crippen LogP contribution in [0.3, 0.4) is 0 Å². The van der Waals surface area contributed by atoms with E-state index < -0.39 is 24.5 Å². The lowest BCUT2D eigenvalue weighted by atomic mass is 9.60. The number of ether oxygens (including phenoxy) is 1. The molecule has 1 amide bonds. The van der Waals surface area contributed by atoms with E-state index in [1.807, 2.05) is 0 Å². The van der Waals surface area contributed by atoms with Gasteiger partial charge in [0.25, 0.3) is 5.91 Å². The standard InChI is InChI=1S/C21H39NO5/c1-8-20(4,5)15-10-11-17(16(12-15)21(6,7)9-2)27-14(3)19(25)22(26)13-18(23)24/h14-17,26H,8-13H2,1-7H3,(H,23,24). The van der Waals surface area contributed by atoms with Crippen molar-refractivity contribution >= 4 is 11.9 Å². The van der Waals surface area contributed by atoms with Crippen molar-refractivity contribution in [2.45, 2.75) is 92.8 Å². The molecule has 0 aromatic carbocycles. The van der Waals surface area contributed by atoms with Gasteiger partial charge in [-0.3, -0.25) is 14.8 Å². The monoisotopic (exact) mass is 385 g/mol. The molecule has 1 rings (SSSR count). The van der Waals surface area contributed by atoms with Gasteiger partial charge in [-0.25, -0.2) is 5.06 Å². The lowest BCUT2D eigenvalue weighted by molar-refractivity contribution is -0.190. The first-order valence-electron chi connectivity index (χ1n) is 10.2. The van der Waals surface area contributed by atoms with Gasteiger partial charge in [0, 0.05) is 0 Å². The maximum atomic E-state index is 12.2. The van der Waals surface area contributed by atoms with Gasteiger partial charge in [-0.1, -0.05) is 54.4 Å². The summed E-state index contributed by atoms with van der Waals surface area (Å²) in [5, 5.41) is 18.6. The molecule has 158 valence electrons. The Labute approximate surface area is 164 Å². The van der Waals surface area contributed by atoms with Gasteiger partial charge in [-0.15, -0.1) is 0 Å². The number of aliphatic carboxylic acids is 1. The van der Waals surface area contributed by atoms with Crippen LogP contribution in [0.4, 0.5) is 0 Å². The van der Waals surface area contributed by atoms with Crippen molar-refractivity contribution in [1.82, 2.24) is 5.06 Å². The van der Waals surface area contributed by atoms with Crippen molar-refractivity contribution in [2.75, 3.05) is 6.54 Å². The summed E-state index contributed by atoms with van der Waals surface area (Å²) in [6.45, 7) is 14.4. The number of nitrogens with zero attached hydrogens (tertiary/aromatic N) is 1. The maximum Gasteiger partial charge on any atom is 0.325 e. The zero-order chi connectivity index (χ0) is 21.0. The molecule has 1 fully saturated rings. The van der Waals surface area contributed by atoms with E-state index in [2.05, 4.69) is 41.5 Å². The Morgan fingerprint density at radius 1 is 1.11 bits per heavy atom. The number of amides is 1. The van der Waals surface area contributed by atoms with Gasteiger partial charge in [0.15, 0.2) is 0 Å². The molecule has 0 aromatic heterocycles. The number of hydrogen-bond acceptors (Lipinski definition) is 4. The number of rotatable bonds is 9. The van der Waals surface area contributed by atoms with Crippen LogP contribution in [-0.2, 0) is 14.3 Å². The summed E-state index contributed by atoms with van der Waals surface area (Å²) in [4.78, 5) is 22.9. The van der Waals surface area contributed by atoms with Crippen LogP contribution in [0.25, 0.3) is 0 Å². The summed E-state index contributed by atoms with van der Waals surface area (Å²) in [6, 6.07) is 0. The fourth-order valence-electron chi connectivity index (χ4n) is 4.12. The van der Waals surface area contributed by atoms with E-state index in [0.717, 1.165) is 32.1 Å². The molecule has 1 saturated carbocycles. The van der Waals surface area contributed by atoms with Crippen LogP contribution in [0, 0.1) is 22.7 Å². The molecular formula is C21H39NO5. The van der Waals surface area contributed by atoms with Crippen molar-refractivity contribution in [2.24, 2.45) is 22.7 Å². The van der Waals surface area contributed by atoms with Gasteiger partial charge in [-0.2, -0.15) is 0 Å². The van der Waals surface area contributed by atoms with E-state index in [1.54, 1.807) is 6.92 Å². The first-order valence-corrected chi connectivity index (χ1v) is 10.2. The third kappa shape index (κ3) is 6.18. The van der Waals surface area contributed by atoms with E-state index in [0.29, 0.717) is 11.8 Å². The van der Waals surface area contributed by atoms with Gasteiger partial charge in [0.05, 0.1) is 6.10 Å². The Balaban J connectivity index is 2.91. The SMILES string of the molecule is CCC(C)(C)C1CCC(OC(C)C(=O)N(O)CC(=O)O)C(C(C)(C)CC)C1. The van der Waals surface area contributed by atoms with Crippen molar-refractivity contribution < 1.29 is 24.6 Å². The van der Waals surface area contributed by atoms with Crippen molar-refractivity contribution in [1.29, 1.82) is 0 Å². The second kappa shape index (κ2) is 9.37. The molecule has 0 spiro atoms. The Morgan fingerprint density at radius 3 is 2.15 bits per heavy atom. The highest BCUT2D eigenvalue weighted by atomic mass is 16.5. The second-order valence-corrected chi connectivity index (χ2v) is 9.41. The highest BCUT2D eigenvalue weighted by molar-refractivity contribution is 5.83. The first kappa shape index (κ1) is 23.9. The molecule has 1 aliphatic rings. The molecule has 0 aromatic rings. The number of carbonyl (C=O) groups excluding carboxylic acids is 1. The maximum absolute atomic E-state index is 12.2. The highest BCUT2D eigenvalue weighted by Crippen LogP contribution is 2.49. The number of hydroxylamine groups is 2. The molecular weight excluding hydrogens is 346 g/mol. The molecule has 0 aliphatic heterocycles. The van der Waals surface area contributed by atoms with Crippen molar-refractivity contribution in [3.63, 3.8) is 0 Å². The Morgan fingerprint density at radius 2 is 1.67 bits per heavy atom. The largest absolute Gasteiger partial charge is 0.480 e. The van der Waals surface area contributed by atoms with E-state index in [4.69, 9.17) is 9.84 Å². The van der Waals surface area contributed by atoms with E-state index in [-0.39, 0.29) is 22.0 Å². The number of carboxylic acid groups (broad SMARTS) is 1. The van der Waals surface area contributed by atoms with Crippen LogP contribution in [-0.4, -0.2) is 46.0 Å². The average Bonchev–Trinajstić information content (AvgIpc) is 2.60. The Bertz CT molecular complexity index is 517. The molecule has 6 heteroatoms. The molecule has 0 saturated heterocycles. The molecule has 1 aliphatic carbocycles. The number of carboxylic acids is 1. The topological polar surface area (TPSA) is 87.1 Å². The van der Waals surface area contributed by atoms with Gasteiger partial charge in [0.2, 0.25) is 0 Å². The van der Waals surface area contributed by atoms with Crippen molar-refractivity contribution in [3.8, 4) is 0 Å². The fraction of sp³-hybridized carbons (Fsp3) is 0.905. The van der Waals surface area contributed by atoms with Crippen LogP contribution >= 0.6 is 0 Å². The zero-order valence-electron chi connectivity index (χ0n) is 18.1. The summed E-state index contributed by atoms with van der Waals surface area (Å²) >= 11 is 0. The van der Waals surface area contributed by atoms with Crippen LogP contribution in [0.15, 0.2) is 0 Å². The van der Waals surface area contributed by atoms with Crippen LogP contribution in [0.5, 0.6) is 0 Å². The summed E-state index contributed by atoms with van der Waals surface area (Å²) in [5.41, 5.74) is 0.355. The summed E-state index contributed by atoms with van der Waals surface area (Å²) in [6.07, 6.45) is 4.21. The average molecular weight is 386 g/mol. The Kier molecular flexibility index (Phi) is 8.30. The van der Waals surface area contributed by atoms with Gasteiger partial charge in [0.1, 0.15) is 12.6 Å². The van der Waals surface area contributed by atoms with Gasteiger partial charge < -0.3 is 9.84 Å². The minimum atomic E-state index is -1.26. The molecule has 6 nitrogen and oxygen atoms in total. The molecule has 2 N–H and O–H groups in total. The molecule has 0 radical (unpaired) electrons. The lowest BCUT2D eigenvalue weighted by Crippen LogP contribution is -2.47. The van der Waals surface area contributed by atoms with Crippen LogP contribution in [0.2, 0.25) is 0 Å². The van der Waals surface area contributed by atoms with E-state index in [1.165, 1.54) is 0 Å². The molecule has 0 heterocycles. The van der Waals surface area contributed by atoms with Gasteiger partial charge in [-0.05, 0) is 48.9 Å². The quantitative estimate of drug-likeness (QED) is 0.455. The predicted molar refractivity (Wildman–Crippen MR) is 104 cm³/mol. The molecule has 0 bridgehead atoms. The first-order chi connectivity index (χ1) is 12.4. The molecule has 4 atom stereocenters. The summed E-state index contributed by atoms with van der Waals surface area (Å²) < 4.78 is 6.11. The third-order valence-electron chi connectivity index (χ3n) is 6.98. The fourth-order valence-corrected chi connectivity index (χ4v) is 4.12. The van der Waals surface area contributed by atoms with Crippen molar-refractivity contribution in [3.05, 3.63) is 0 Å². The summed E-state index contributed by atoms with van der Waals surface area (Å²) in [5.74, 6) is -1.04. The minimum Gasteiger partial charge on any atom is -0.480 e. The molecule has 4 unspecified atom stereocenters. The van der Waals surface area contributed by atoms with E-state index >= 15 is 0 Å². The lowest BCUT2D eigenvalue weighted by Gasteiger charge is -2.49. The Hall–Kier alpha value is -1.14. The zero-order valence-corrected chi connectivity index (χ0v) is 18.1. The van der Waals surface area contributed by atoms with Gasteiger partial charge >= 0.3 is 5.97 Å². The third-order valence-corrected chi connectivity index (χ3v) is 6.98. The van der Waals surface area contributed by atoms with Crippen LogP contribution < -0.4 is 0 Å². The van der Waals surface area contributed by atoms with Crippen LogP contribution in [0.1, 0.15) is 80.6 Å². The number of hydrogen-bond donors (Lipinski definition) is 2. The normalized spacial score (nSPS) is 25.1. The minimum absolute atomic E-state index is 0.0685. The second-order valence-electron chi connectivity index (χ2n) is 9.41. The highest BCUT2D eigenvalue weighted by Gasteiger charge is 2.44. The number of carbonyl (C=O) groups is 2. The molecule has 27 heavy (non-hydrogen) atoms. The summed E-state index contributed by atoms with van der Waals surface area (Å²) in [7, 11) is 0. The smallest absolute Gasteiger partial charge is 0.325 e. The van der Waals surface area contributed by atoms with E-state index in [9.17, 15) is 14.8 Å². The predicted octanol–water partition coefficient (Wildman–Crippen LogP) is 4.35.